The standard InChI is InChI=1S/C22H22F2N8/c1-13-11-25-20-16(26-13)4-3-15(19(20)23)12-31-7-9-32(10-8-31)18-6-5-17(28-21(18)24)22-27-14(2)29-30-22/h3-6,11H,7-10,12H2,1-2H3,(H,27,29,30). The fourth-order valence-corrected chi connectivity index (χ4v) is 3.94. The highest BCUT2D eigenvalue weighted by Gasteiger charge is 2.22. The molecule has 0 aliphatic carbocycles. The molecule has 1 aromatic carbocycles. The zero-order valence-corrected chi connectivity index (χ0v) is 17.8. The molecule has 164 valence electrons. The Morgan fingerprint density at radius 1 is 0.969 bits per heavy atom. The van der Waals surface area contributed by atoms with Gasteiger partial charge < -0.3 is 4.90 Å². The average molecular weight is 436 g/mol. The minimum atomic E-state index is -0.548. The summed E-state index contributed by atoms with van der Waals surface area (Å²) in [5, 5.41) is 6.76. The Hall–Kier alpha value is -3.53. The molecule has 1 saturated heterocycles. The first-order valence-electron chi connectivity index (χ1n) is 10.4. The van der Waals surface area contributed by atoms with Gasteiger partial charge in [0.25, 0.3) is 0 Å². The third-order valence-electron chi connectivity index (χ3n) is 5.61. The first-order valence-corrected chi connectivity index (χ1v) is 10.4. The number of H-pyrrole nitrogens is 1. The van der Waals surface area contributed by atoms with Crippen molar-refractivity contribution in [2.45, 2.75) is 20.4 Å². The molecule has 0 saturated carbocycles. The maximum atomic E-state index is 14.9. The minimum Gasteiger partial charge on any atom is -0.365 e. The molecule has 0 unspecified atom stereocenters. The molecule has 1 aliphatic heterocycles. The van der Waals surface area contributed by atoms with Crippen LogP contribution < -0.4 is 4.90 Å². The molecule has 0 spiro atoms. The maximum Gasteiger partial charge on any atom is 0.237 e. The van der Waals surface area contributed by atoms with Gasteiger partial charge in [0, 0.05) is 44.5 Å². The Morgan fingerprint density at radius 3 is 2.50 bits per heavy atom. The highest BCUT2D eigenvalue weighted by Crippen LogP contribution is 2.24. The predicted molar refractivity (Wildman–Crippen MR) is 116 cm³/mol. The quantitative estimate of drug-likeness (QED) is 0.492. The lowest BCUT2D eigenvalue weighted by Crippen LogP contribution is -2.46. The summed E-state index contributed by atoms with van der Waals surface area (Å²) in [6.45, 7) is 6.67. The molecule has 1 N–H and O–H groups in total. The second-order valence-corrected chi connectivity index (χ2v) is 7.93. The molecule has 4 aromatic rings. The van der Waals surface area contributed by atoms with Gasteiger partial charge in [-0.05, 0) is 32.0 Å². The van der Waals surface area contributed by atoms with E-state index in [0.717, 1.165) is 5.69 Å². The first kappa shape index (κ1) is 20.4. The van der Waals surface area contributed by atoms with Crippen LogP contribution in [-0.4, -0.2) is 61.2 Å². The molecule has 8 nitrogen and oxygen atoms in total. The van der Waals surface area contributed by atoms with Crippen LogP contribution in [0.3, 0.4) is 0 Å². The van der Waals surface area contributed by atoms with Gasteiger partial charge in [0.2, 0.25) is 5.95 Å². The van der Waals surface area contributed by atoms with E-state index in [9.17, 15) is 8.78 Å². The van der Waals surface area contributed by atoms with E-state index in [1.54, 1.807) is 31.3 Å². The highest BCUT2D eigenvalue weighted by atomic mass is 19.1. The number of fused-ring (bicyclic) bond motifs is 1. The van der Waals surface area contributed by atoms with Crippen LogP contribution in [0.5, 0.6) is 0 Å². The van der Waals surface area contributed by atoms with Crippen molar-refractivity contribution in [2.75, 3.05) is 31.1 Å². The third kappa shape index (κ3) is 3.89. The number of nitrogens with zero attached hydrogens (tertiary/aromatic N) is 7. The normalized spacial score (nSPS) is 14.9. The van der Waals surface area contributed by atoms with E-state index in [1.807, 2.05) is 17.9 Å². The number of pyridine rings is 1. The van der Waals surface area contributed by atoms with Gasteiger partial charge in [0.05, 0.1) is 16.9 Å². The largest absolute Gasteiger partial charge is 0.365 e. The van der Waals surface area contributed by atoms with Crippen LogP contribution in [-0.2, 0) is 6.54 Å². The first-order chi connectivity index (χ1) is 15.5. The Kier molecular flexibility index (Phi) is 5.22. The van der Waals surface area contributed by atoms with Crippen LogP contribution in [0.1, 0.15) is 17.1 Å². The smallest absolute Gasteiger partial charge is 0.237 e. The molecular formula is C22H22F2N8. The molecule has 32 heavy (non-hydrogen) atoms. The van der Waals surface area contributed by atoms with Crippen molar-refractivity contribution < 1.29 is 8.78 Å². The lowest BCUT2D eigenvalue weighted by Gasteiger charge is -2.36. The fourth-order valence-electron chi connectivity index (χ4n) is 3.94. The summed E-state index contributed by atoms with van der Waals surface area (Å²) in [6.07, 6.45) is 1.57. The molecule has 0 radical (unpaired) electrons. The lowest BCUT2D eigenvalue weighted by molar-refractivity contribution is 0.246. The van der Waals surface area contributed by atoms with Crippen molar-refractivity contribution in [3.8, 4) is 11.5 Å². The van der Waals surface area contributed by atoms with E-state index >= 15 is 0 Å². The SMILES string of the molecule is Cc1cnc2c(F)c(CN3CCN(c4ccc(-c5n[nH]c(C)n5)nc4F)CC3)ccc2n1. The Balaban J connectivity index is 1.26. The van der Waals surface area contributed by atoms with Crippen LogP contribution in [0, 0.1) is 25.6 Å². The summed E-state index contributed by atoms with van der Waals surface area (Å²) in [6, 6.07) is 7.01. The van der Waals surface area contributed by atoms with Crippen LogP contribution in [0.25, 0.3) is 22.6 Å². The Morgan fingerprint density at radius 2 is 1.78 bits per heavy atom. The number of halogens is 2. The molecule has 5 rings (SSSR count). The highest BCUT2D eigenvalue weighted by molar-refractivity contribution is 5.75. The number of aromatic nitrogens is 6. The van der Waals surface area contributed by atoms with Gasteiger partial charge in [-0.2, -0.15) is 9.49 Å². The number of aromatic amines is 1. The molecule has 10 heteroatoms. The Labute approximate surface area is 183 Å². The fraction of sp³-hybridized carbons (Fsp3) is 0.318. The van der Waals surface area contributed by atoms with Crippen molar-refractivity contribution >= 4 is 16.7 Å². The van der Waals surface area contributed by atoms with Crippen molar-refractivity contribution in [2.24, 2.45) is 0 Å². The van der Waals surface area contributed by atoms with Crippen LogP contribution in [0.4, 0.5) is 14.5 Å². The van der Waals surface area contributed by atoms with Crippen LogP contribution >= 0.6 is 0 Å². The molecule has 1 aliphatic rings. The van der Waals surface area contributed by atoms with E-state index in [4.69, 9.17) is 0 Å². The van der Waals surface area contributed by atoms with Crippen molar-refractivity contribution in [1.29, 1.82) is 0 Å². The topological polar surface area (TPSA) is 86.7 Å². The zero-order valence-electron chi connectivity index (χ0n) is 17.8. The number of rotatable bonds is 4. The predicted octanol–water partition coefficient (Wildman–Crippen LogP) is 3.03. The third-order valence-corrected chi connectivity index (χ3v) is 5.61. The van der Waals surface area contributed by atoms with Crippen LogP contribution in [0.2, 0.25) is 0 Å². The van der Waals surface area contributed by atoms with Gasteiger partial charge in [0.15, 0.2) is 11.6 Å². The van der Waals surface area contributed by atoms with E-state index in [2.05, 4.69) is 35.0 Å². The number of nitrogens with one attached hydrogen (secondary N) is 1. The second kappa shape index (κ2) is 8.19. The molecular weight excluding hydrogens is 414 g/mol. The van der Waals surface area contributed by atoms with Gasteiger partial charge in [-0.15, -0.1) is 0 Å². The van der Waals surface area contributed by atoms with Crippen molar-refractivity contribution in [3.63, 3.8) is 0 Å². The zero-order chi connectivity index (χ0) is 22.2. The number of piperazine rings is 1. The summed E-state index contributed by atoms with van der Waals surface area (Å²) in [4.78, 5) is 20.9. The number of benzene rings is 1. The monoisotopic (exact) mass is 436 g/mol. The second-order valence-electron chi connectivity index (χ2n) is 7.93. The summed E-state index contributed by atoms with van der Waals surface area (Å²) in [5.41, 5.74) is 3.03. The lowest BCUT2D eigenvalue weighted by atomic mass is 10.1. The van der Waals surface area contributed by atoms with E-state index in [-0.39, 0.29) is 5.82 Å². The number of anilines is 1. The molecule has 3 aromatic heterocycles. The van der Waals surface area contributed by atoms with Gasteiger partial charge in [-0.3, -0.25) is 10.00 Å². The van der Waals surface area contributed by atoms with E-state index in [0.29, 0.717) is 72.4 Å². The molecule has 0 atom stereocenters. The summed E-state index contributed by atoms with van der Waals surface area (Å²) < 4.78 is 29.6. The average Bonchev–Trinajstić information content (AvgIpc) is 3.22. The van der Waals surface area contributed by atoms with Gasteiger partial charge in [-0.25, -0.2) is 24.3 Å². The number of aryl methyl sites for hydroxylation is 2. The van der Waals surface area contributed by atoms with Gasteiger partial charge in [0.1, 0.15) is 17.0 Å². The summed E-state index contributed by atoms with van der Waals surface area (Å²) in [5.74, 6) is 0.140. The van der Waals surface area contributed by atoms with Crippen molar-refractivity contribution in [3.05, 3.63) is 59.3 Å². The number of hydrogen-bond acceptors (Lipinski definition) is 7. The summed E-state index contributed by atoms with van der Waals surface area (Å²) in [7, 11) is 0. The van der Waals surface area contributed by atoms with Gasteiger partial charge in [-0.1, -0.05) is 6.07 Å². The van der Waals surface area contributed by atoms with Crippen LogP contribution in [0.15, 0.2) is 30.5 Å². The molecule has 0 bridgehead atoms. The van der Waals surface area contributed by atoms with E-state index < -0.39 is 5.95 Å². The molecule has 0 amide bonds. The Bertz CT molecular complexity index is 1280. The van der Waals surface area contributed by atoms with Crippen molar-refractivity contribution in [1.82, 2.24) is 35.0 Å². The number of hydrogen-bond donors (Lipinski definition) is 1. The maximum absolute atomic E-state index is 14.9. The van der Waals surface area contributed by atoms with E-state index in [1.165, 1.54) is 0 Å². The summed E-state index contributed by atoms with van der Waals surface area (Å²) >= 11 is 0. The molecule has 1 fully saturated rings. The minimum absolute atomic E-state index is 0.293. The van der Waals surface area contributed by atoms with Gasteiger partial charge >= 0.3 is 0 Å². The molecule has 4 heterocycles.